The van der Waals surface area contributed by atoms with Crippen molar-refractivity contribution in [2.45, 2.75) is 44.4 Å². The van der Waals surface area contributed by atoms with Crippen molar-refractivity contribution in [1.82, 2.24) is 4.90 Å². The summed E-state index contributed by atoms with van der Waals surface area (Å²) >= 11 is 0. The smallest absolute Gasteiger partial charge is 0.323 e. The molecule has 2 aromatic carbocycles. The molecule has 0 saturated carbocycles. The molecule has 0 unspecified atom stereocenters. The Morgan fingerprint density at radius 1 is 1.15 bits per heavy atom. The third kappa shape index (κ3) is 5.09. The number of carbonyl (C=O) groups is 3. The topological polar surface area (TPSA) is 117 Å². The molecule has 3 amide bonds. The minimum absolute atomic E-state index is 0.0724. The summed E-state index contributed by atoms with van der Waals surface area (Å²) in [6.45, 7) is 2.10. The zero-order chi connectivity index (χ0) is 23.5. The number of urea groups is 1. The van der Waals surface area contributed by atoms with E-state index >= 15 is 0 Å². The molecule has 1 fully saturated rings. The monoisotopic (exact) mass is 453 g/mol. The van der Waals surface area contributed by atoms with Crippen LogP contribution < -0.4 is 15.4 Å². The minimum Gasteiger partial charge on any atom is -0.490 e. The van der Waals surface area contributed by atoms with Crippen molar-refractivity contribution in [2.24, 2.45) is 0 Å². The molecule has 0 aliphatic carbocycles. The second kappa shape index (κ2) is 9.50. The zero-order valence-electron chi connectivity index (χ0n) is 18.5. The quantitative estimate of drug-likeness (QED) is 0.652. The third-order valence-electron chi connectivity index (χ3n) is 6.07. The van der Waals surface area contributed by atoms with Gasteiger partial charge in [0.1, 0.15) is 18.5 Å². The van der Waals surface area contributed by atoms with Gasteiger partial charge >= 0.3 is 12.0 Å². The molecule has 1 saturated heterocycles. The first-order chi connectivity index (χ1) is 15.8. The molecule has 174 valence electrons. The maximum Gasteiger partial charge on any atom is 0.323 e. The number of likely N-dealkylation sites (N-methyl/N-ethyl adjacent to an activating group) is 1. The maximum absolute atomic E-state index is 13.2. The van der Waals surface area contributed by atoms with E-state index in [1.807, 2.05) is 31.2 Å². The van der Waals surface area contributed by atoms with Crippen LogP contribution in [0.3, 0.4) is 0 Å². The number of aliphatic carboxylic acids is 1. The van der Waals surface area contributed by atoms with Gasteiger partial charge in [-0.15, -0.1) is 0 Å². The number of carbonyl (C=O) groups excluding carboxylic acids is 2. The lowest BCUT2D eigenvalue weighted by molar-refractivity contribution is -0.148. The molecule has 2 aliphatic heterocycles. The third-order valence-corrected chi connectivity index (χ3v) is 6.07. The van der Waals surface area contributed by atoms with Gasteiger partial charge in [-0.05, 0) is 49.6 Å². The number of anilines is 2. The summed E-state index contributed by atoms with van der Waals surface area (Å²) in [5.74, 6) is -0.770. The second-order valence-corrected chi connectivity index (χ2v) is 8.37. The predicted octanol–water partition coefficient (Wildman–Crippen LogP) is 3.49. The summed E-state index contributed by atoms with van der Waals surface area (Å²) in [5.41, 5.74) is 2.44. The number of rotatable bonds is 4. The van der Waals surface area contributed by atoms with Crippen LogP contribution in [0.1, 0.15) is 35.2 Å². The van der Waals surface area contributed by atoms with E-state index in [9.17, 15) is 14.4 Å². The molecule has 9 nitrogen and oxygen atoms in total. The summed E-state index contributed by atoms with van der Waals surface area (Å²) in [7, 11) is 1.71. The van der Waals surface area contributed by atoms with Crippen molar-refractivity contribution in [3.05, 3.63) is 53.6 Å². The highest BCUT2D eigenvalue weighted by atomic mass is 16.5. The van der Waals surface area contributed by atoms with E-state index in [0.29, 0.717) is 35.5 Å². The van der Waals surface area contributed by atoms with Crippen LogP contribution in [0, 0.1) is 6.92 Å². The lowest BCUT2D eigenvalue weighted by Gasteiger charge is -2.42. The lowest BCUT2D eigenvalue weighted by atomic mass is 9.94. The highest BCUT2D eigenvalue weighted by Crippen LogP contribution is 2.32. The number of benzene rings is 2. The van der Waals surface area contributed by atoms with E-state index in [1.165, 1.54) is 0 Å². The number of amides is 3. The Hall–Kier alpha value is -3.59. The van der Waals surface area contributed by atoms with Gasteiger partial charge in [0, 0.05) is 18.4 Å². The van der Waals surface area contributed by atoms with Gasteiger partial charge in [0.2, 0.25) is 0 Å². The predicted molar refractivity (Wildman–Crippen MR) is 122 cm³/mol. The molecule has 4 rings (SSSR count). The normalized spacial score (nSPS) is 22.2. The maximum atomic E-state index is 13.2. The number of fused-ring (bicyclic) bond motifs is 2. The fourth-order valence-corrected chi connectivity index (χ4v) is 4.30. The number of carboxylic acid groups (broad SMARTS) is 1. The number of para-hydroxylation sites is 1. The van der Waals surface area contributed by atoms with Crippen molar-refractivity contribution in [3.63, 3.8) is 0 Å². The number of hydrogen-bond acceptors (Lipinski definition) is 5. The molecule has 2 heterocycles. The molecule has 9 heteroatoms. The fraction of sp³-hybridized carbons (Fsp3) is 0.375. The first kappa shape index (κ1) is 22.6. The first-order valence-electron chi connectivity index (χ1n) is 10.9. The number of nitrogens with zero attached hydrogens (tertiary/aromatic N) is 1. The van der Waals surface area contributed by atoms with Crippen LogP contribution in [0.5, 0.6) is 5.75 Å². The SMILES string of the molecule is Cc1ccccc1NC(=O)Nc1ccc2c(c1)C(=O)N(C)[C@@H]1CC[C@H](CC(=O)O)O[C@H]1CO2. The second-order valence-electron chi connectivity index (χ2n) is 8.37. The lowest BCUT2D eigenvalue weighted by Crippen LogP contribution is -2.53. The summed E-state index contributed by atoms with van der Waals surface area (Å²) < 4.78 is 11.8. The number of carboxylic acids is 1. The standard InChI is InChI=1S/C24H27N3O6/c1-14-5-3-4-6-18(14)26-24(31)25-15-7-10-20-17(11-15)23(30)27(2)19-9-8-16(12-22(28)29)33-21(19)13-32-20/h3-7,10-11,16,19,21H,8-9,12-13H2,1-2H3,(H,28,29)(H2,25,26,31)/t16-,19-,21+/m1/s1. The molecule has 33 heavy (non-hydrogen) atoms. The van der Waals surface area contributed by atoms with E-state index < -0.39 is 24.2 Å². The van der Waals surface area contributed by atoms with Crippen LogP contribution in [0.4, 0.5) is 16.2 Å². The van der Waals surface area contributed by atoms with Crippen LogP contribution in [0.15, 0.2) is 42.5 Å². The molecule has 2 aromatic rings. The molecule has 0 aromatic heterocycles. The van der Waals surface area contributed by atoms with Gasteiger partial charge in [0.25, 0.3) is 5.91 Å². The van der Waals surface area contributed by atoms with Gasteiger partial charge < -0.3 is 30.1 Å². The average Bonchev–Trinajstić information content (AvgIpc) is 2.78. The summed E-state index contributed by atoms with van der Waals surface area (Å²) in [6, 6.07) is 11.7. The number of hydrogen-bond donors (Lipinski definition) is 3. The highest BCUT2D eigenvalue weighted by Gasteiger charge is 2.39. The van der Waals surface area contributed by atoms with Gasteiger partial charge in [0.15, 0.2) is 0 Å². The van der Waals surface area contributed by atoms with E-state index in [0.717, 1.165) is 5.56 Å². The first-order valence-corrected chi connectivity index (χ1v) is 10.9. The van der Waals surface area contributed by atoms with Crippen LogP contribution >= 0.6 is 0 Å². The Morgan fingerprint density at radius 2 is 1.94 bits per heavy atom. The Balaban J connectivity index is 1.49. The Bertz CT molecular complexity index is 1070. The largest absolute Gasteiger partial charge is 0.490 e. The molecule has 3 atom stereocenters. The molecule has 0 spiro atoms. The molecule has 3 N–H and O–H groups in total. The summed E-state index contributed by atoms with van der Waals surface area (Å²) in [5, 5.41) is 14.6. The van der Waals surface area contributed by atoms with Crippen LogP contribution in [-0.4, -0.2) is 59.8 Å². The molecule has 2 aliphatic rings. The molecular formula is C24H27N3O6. The number of nitrogens with one attached hydrogen (secondary N) is 2. The van der Waals surface area contributed by atoms with Crippen LogP contribution in [-0.2, 0) is 9.53 Å². The Labute approximate surface area is 191 Å². The Kier molecular flexibility index (Phi) is 6.50. The average molecular weight is 453 g/mol. The van der Waals surface area contributed by atoms with Gasteiger partial charge in [0.05, 0.1) is 24.1 Å². The van der Waals surface area contributed by atoms with Crippen LogP contribution in [0.25, 0.3) is 0 Å². The van der Waals surface area contributed by atoms with Crippen molar-refractivity contribution < 1.29 is 29.0 Å². The Morgan fingerprint density at radius 3 is 2.70 bits per heavy atom. The van der Waals surface area contributed by atoms with Gasteiger partial charge in [-0.2, -0.15) is 0 Å². The number of aryl methyl sites for hydroxylation is 1. The van der Waals surface area contributed by atoms with Crippen molar-refractivity contribution in [3.8, 4) is 5.75 Å². The summed E-state index contributed by atoms with van der Waals surface area (Å²) in [6.07, 6.45) is 0.298. The molecule has 0 bridgehead atoms. The number of ether oxygens (including phenoxy) is 2. The van der Waals surface area contributed by atoms with Gasteiger partial charge in [-0.25, -0.2) is 4.79 Å². The zero-order valence-corrected chi connectivity index (χ0v) is 18.5. The fourth-order valence-electron chi connectivity index (χ4n) is 4.30. The van der Waals surface area contributed by atoms with E-state index in [2.05, 4.69) is 10.6 Å². The minimum atomic E-state index is -0.911. The van der Waals surface area contributed by atoms with Crippen LogP contribution in [0.2, 0.25) is 0 Å². The molecular weight excluding hydrogens is 426 g/mol. The van der Waals surface area contributed by atoms with Gasteiger partial charge in [-0.1, -0.05) is 18.2 Å². The van der Waals surface area contributed by atoms with Crippen molar-refractivity contribution in [2.75, 3.05) is 24.3 Å². The molecule has 0 radical (unpaired) electrons. The van der Waals surface area contributed by atoms with Crippen molar-refractivity contribution >= 4 is 29.3 Å². The van der Waals surface area contributed by atoms with E-state index in [1.54, 1.807) is 30.1 Å². The van der Waals surface area contributed by atoms with Crippen molar-refractivity contribution in [1.29, 1.82) is 0 Å². The van der Waals surface area contributed by atoms with E-state index in [-0.39, 0.29) is 25.0 Å². The highest BCUT2D eigenvalue weighted by molar-refractivity contribution is 6.02. The summed E-state index contributed by atoms with van der Waals surface area (Å²) in [4.78, 5) is 38.4. The van der Waals surface area contributed by atoms with Gasteiger partial charge in [-0.3, -0.25) is 9.59 Å². The van der Waals surface area contributed by atoms with E-state index in [4.69, 9.17) is 14.6 Å².